The van der Waals surface area contributed by atoms with Gasteiger partial charge in [0.05, 0.1) is 6.10 Å². The van der Waals surface area contributed by atoms with Crippen molar-refractivity contribution in [1.82, 2.24) is 19.6 Å². The van der Waals surface area contributed by atoms with Crippen molar-refractivity contribution in [3.63, 3.8) is 0 Å². The van der Waals surface area contributed by atoms with Crippen LogP contribution in [0.5, 0.6) is 0 Å². The summed E-state index contributed by atoms with van der Waals surface area (Å²) in [7, 11) is 0. The molecule has 0 bridgehead atoms. The summed E-state index contributed by atoms with van der Waals surface area (Å²) < 4.78 is 1.83. The lowest BCUT2D eigenvalue weighted by Gasteiger charge is -2.41. The average Bonchev–Trinajstić information content (AvgIpc) is 3.39. The van der Waals surface area contributed by atoms with E-state index < -0.39 is 0 Å². The van der Waals surface area contributed by atoms with Gasteiger partial charge >= 0.3 is 0 Å². The number of hydrogen-bond donors (Lipinski definition) is 1. The monoisotopic (exact) mass is 491 g/mol. The Balaban J connectivity index is 1.17. The van der Waals surface area contributed by atoms with Gasteiger partial charge in [0.25, 0.3) is 5.91 Å². The van der Waals surface area contributed by atoms with Gasteiger partial charge in [-0.05, 0) is 75.5 Å². The molecule has 2 aliphatic carbocycles. The topological polar surface area (TPSA) is 81.9 Å². The number of nitrogens with zero attached hydrogens (tertiary/aromatic N) is 5. The second-order valence-electron chi connectivity index (χ2n) is 11.3. The number of amides is 2. The Bertz CT molecular complexity index is 1200. The van der Waals surface area contributed by atoms with Crippen molar-refractivity contribution in [2.75, 3.05) is 37.6 Å². The van der Waals surface area contributed by atoms with Gasteiger partial charge in [-0.2, -0.15) is 5.10 Å². The molecule has 1 aromatic heterocycles. The molecule has 2 amide bonds. The molecule has 2 aliphatic heterocycles. The maximum atomic E-state index is 13.5. The van der Waals surface area contributed by atoms with Crippen LogP contribution in [-0.2, 0) is 17.8 Å². The van der Waals surface area contributed by atoms with E-state index in [-0.39, 0.29) is 30.5 Å². The van der Waals surface area contributed by atoms with Gasteiger partial charge in [-0.3, -0.25) is 14.3 Å². The molecular formula is C28H37N5O3. The minimum absolute atomic E-state index is 0.0348. The summed E-state index contributed by atoms with van der Waals surface area (Å²) in [6, 6.07) is 6.52. The molecule has 0 unspecified atom stereocenters. The summed E-state index contributed by atoms with van der Waals surface area (Å²) in [5, 5.41) is 14.6. The van der Waals surface area contributed by atoms with Gasteiger partial charge in [0, 0.05) is 55.7 Å². The molecule has 3 atom stereocenters. The summed E-state index contributed by atoms with van der Waals surface area (Å²) in [5.41, 5.74) is 6.58. The van der Waals surface area contributed by atoms with E-state index in [1.165, 1.54) is 16.8 Å². The number of carbonyl (C=O) groups excluding carboxylic acids is 2. The first-order chi connectivity index (χ1) is 17.3. The number of aliphatic hydroxyl groups excluding tert-OH is 1. The lowest BCUT2D eigenvalue weighted by molar-refractivity contribution is -0.134. The van der Waals surface area contributed by atoms with Crippen LogP contribution in [0.3, 0.4) is 0 Å². The van der Waals surface area contributed by atoms with Crippen molar-refractivity contribution in [3.05, 3.63) is 46.3 Å². The molecule has 6 rings (SSSR count). The van der Waals surface area contributed by atoms with E-state index in [2.05, 4.69) is 43.9 Å². The quantitative estimate of drug-likeness (QED) is 0.711. The van der Waals surface area contributed by atoms with Crippen LogP contribution in [0, 0.1) is 19.8 Å². The smallest absolute Gasteiger partial charge is 0.274 e. The van der Waals surface area contributed by atoms with E-state index in [0.717, 1.165) is 37.2 Å². The van der Waals surface area contributed by atoms with E-state index in [9.17, 15) is 14.7 Å². The average molecular weight is 492 g/mol. The zero-order valence-electron chi connectivity index (χ0n) is 21.6. The Morgan fingerprint density at radius 3 is 2.64 bits per heavy atom. The molecule has 3 heterocycles. The number of piperidine rings is 1. The Hall–Kier alpha value is -2.87. The number of carbonyl (C=O) groups is 2. The first-order valence-corrected chi connectivity index (χ1v) is 13.5. The number of fused-ring (bicyclic) bond motifs is 3. The maximum absolute atomic E-state index is 13.5. The molecule has 8 heteroatoms. The van der Waals surface area contributed by atoms with Crippen molar-refractivity contribution in [2.45, 2.75) is 71.1 Å². The number of aliphatic hydroxyl groups is 1. The van der Waals surface area contributed by atoms with Gasteiger partial charge in [0.1, 0.15) is 6.54 Å². The van der Waals surface area contributed by atoms with Crippen LogP contribution in [0.4, 0.5) is 5.69 Å². The number of likely N-dealkylation sites (tertiary alicyclic amines) is 1. The zero-order chi connectivity index (χ0) is 25.1. The van der Waals surface area contributed by atoms with E-state index in [1.807, 2.05) is 14.5 Å². The lowest BCUT2D eigenvalue weighted by Crippen LogP contribution is -2.55. The fourth-order valence-corrected chi connectivity index (χ4v) is 6.54. The predicted molar refractivity (Wildman–Crippen MR) is 137 cm³/mol. The van der Waals surface area contributed by atoms with Gasteiger partial charge in [-0.1, -0.05) is 12.1 Å². The van der Waals surface area contributed by atoms with Crippen LogP contribution < -0.4 is 4.90 Å². The maximum Gasteiger partial charge on any atom is 0.274 e. The minimum atomic E-state index is -0.319. The molecule has 4 aliphatic rings. The van der Waals surface area contributed by atoms with Gasteiger partial charge < -0.3 is 19.8 Å². The minimum Gasteiger partial charge on any atom is -0.393 e. The van der Waals surface area contributed by atoms with Gasteiger partial charge in [-0.15, -0.1) is 0 Å². The van der Waals surface area contributed by atoms with Crippen molar-refractivity contribution in [3.8, 4) is 0 Å². The summed E-state index contributed by atoms with van der Waals surface area (Å²) >= 11 is 0. The first-order valence-electron chi connectivity index (χ1n) is 13.5. The second kappa shape index (κ2) is 8.91. The van der Waals surface area contributed by atoms with Crippen LogP contribution >= 0.6 is 0 Å². The molecule has 1 saturated carbocycles. The molecule has 2 aromatic rings. The molecule has 36 heavy (non-hydrogen) atoms. The molecule has 192 valence electrons. The lowest BCUT2D eigenvalue weighted by atomic mass is 10.1. The highest BCUT2D eigenvalue weighted by Gasteiger charge is 2.50. The van der Waals surface area contributed by atoms with Gasteiger partial charge in [-0.25, -0.2) is 0 Å². The Kier molecular flexibility index (Phi) is 5.82. The van der Waals surface area contributed by atoms with Crippen molar-refractivity contribution >= 4 is 17.5 Å². The number of hydrogen-bond acceptors (Lipinski definition) is 5. The Morgan fingerprint density at radius 2 is 1.89 bits per heavy atom. The second-order valence-corrected chi connectivity index (χ2v) is 11.3. The van der Waals surface area contributed by atoms with E-state index in [4.69, 9.17) is 5.10 Å². The summed E-state index contributed by atoms with van der Waals surface area (Å²) in [5.74, 6) is 1.08. The molecule has 0 radical (unpaired) electrons. The SMILES string of the molecule is Cc1cccc(N2CCN(C(=O)Cn3nc(C(=O)N4CCC(O)CC4)c4c3C[C@H]3C[C@@H]43)[C@H](C)C2)c1C. The number of aryl methyl sites for hydroxylation is 1. The number of piperazine rings is 1. The molecule has 0 spiro atoms. The predicted octanol–water partition coefficient (Wildman–Crippen LogP) is 2.49. The third-order valence-corrected chi connectivity index (χ3v) is 8.95. The summed E-state index contributed by atoms with van der Waals surface area (Å²) in [4.78, 5) is 33.0. The zero-order valence-corrected chi connectivity index (χ0v) is 21.6. The van der Waals surface area contributed by atoms with Crippen LogP contribution in [0.15, 0.2) is 18.2 Å². The molecule has 2 saturated heterocycles. The third-order valence-electron chi connectivity index (χ3n) is 8.95. The third kappa shape index (κ3) is 3.99. The van der Waals surface area contributed by atoms with Gasteiger partial charge in [0.15, 0.2) is 5.69 Å². The fourth-order valence-electron chi connectivity index (χ4n) is 6.54. The van der Waals surface area contributed by atoms with E-state index in [1.54, 1.807) is 0 Å². The van der Waals surface area contributed by atoms with Crippen LogP contribution in [0.2, 0.25) is 0 Å². The van der Waals surface area contributed by atoms with E-state index in [0.29, 0.717) is 50.0 Å². The molecule has 8 nitrogen and oxygen atoms in total. The highest BCUT2D eigenvalue weighted by molar-refractivity contribution is 5.95. The van der Waals surface area contributed by atoms with Gasteiger partial charge in [0.2, 0.25) is 5.91 Å². The number of aromatic nitrogens is 2. The highest BCUT2D eigenvalue weighted by Crippen LogP contribution is 2.57. The van der Waals surface area contributed by atoms with Crippen LogP contribution in [0.25, 0.3) is 0 Å². The van der Waals surface area contributed by atoms with E-state index >= 15 is 0 Å². The fraction of sp³-hybridized carbons (Fsp3) is 0.607. The van der Waals surface area contributed by atoms with Crippen molar-refractivity contribution in [2.24, 2.45) is 5.92 Å². The molecule has 3 fully saturated rings. The number of benzene rings is 1. The molecular weight excluding hydrogens is 454 g/mol. The largest absolute Gasteiger partial charge is 0.393 e. The number of rotatable bonds is 4. The van der Waals surface area contributed by atoms with Crippen molar-refractivity contribution < 1.29 is 14.7 Å². The van der Waals surface area contributed by atoms with Crippen LogP contribution in [-0.4, -0.2) is 81.4 Å². The standard InChI is InChI=1S/C28H37N5O3/c1-17-5-4-6-23(19(17)3)31-11-12-32(18(2)15-31)25(35)16-33-24-14-20-13-22(20)26(24)27(29-33)28(36)30-9-7-21(34)8-10-30/h4-6,18,20-22,34H,7-16H2,1-3H3/t18-,20-,22-/m1/s1. The summed E-state index contributed by atoms with van der Waals surface area (Å²) in [6.45, 7) is 10.1. The highest BCUT2D eigenvalue weighted by atomic mass is 16.3. The Labute approximate surface area is 212 Å². The first kappa shape index (κ1) is 23.5. The van der Waals surface area contributed by atoms with Crippen molar-refractivity contribution in [1.29, 1.82) is 0 Å². The molecule has 1 N–H and O–H groups in total. The normalized spacial score (nSPS) is 25.7. The summed E-state index contributed by atoms with van der Waals surface area (Å²) in [6.07, 6.45) is 2.96. The number of anilines is 1. The Morgan fingerprint density at radius 1 is 1.11 bits per heavy atom. The molecule has 1 aromatic carbocycles. The van der Waals surface area contributed by atoms with Crippen LogP contribution in [0.1, 0.15) is 65.0 Å².